The number of cyclic esters (lactones) is 1. The Hall–Kier alpha value is -3.68. The van der Waals surface area contributed by atoms with Crippen LogP contribution < -0.4 is 14.2 Å². The van der Waals surface area contributed by atoms with Crippen molar-refractivity contribution in [3.63, 3.8) is 0 Å². The molecule has 2 aromatic rings. The van der Waals surface area contributed by atoms with Gasteiger partial charge >= 0.3 is 11.9 Å². The van der Waals surface area contributed by atoms with E-state index in [0.717, 1.165) is 0 Å². The average molecular weight is 385 g/mol. The Labute approximate surface area is 160 Å². The van der Waals surface area contributed by atoms with Crippen LogP contribution in [0.25, 0.3) is 6.08 Å². The molecule has 0 saturated carbocycles. The van der Waals surface area contributed by atoms with E-state index in [9.17, 15) is 14.0 Å². The van der Waals surface area contributed by atoms with Gasteiger partial charge in [-0.3, -0.25) is 4.79 Å². The zero-order valence-corrected chi connectivity index (χ0v) is 15.3. The molecule has 144 valence electrons. The number of carbonyl (C=O) groups is 2. The van der Waals surface area contributed by atoms with E-state index in [0.29, 0.717) is 5.56 Å². The van der Waals surface area contributed by atoms with Gasteiger partial charge in [0.1, 0.15) is 5.82 Å². The number of esters is 2. The van der Waals surface area contributed by atoms with Gasteiger partial charge in [0.05, 0.1) is 19.8 Å². The molecular formula is C20H16FNO6. The first-order valence-electron chi connectivity index (χ1n) is 8.15. The lowest BCUT2D eigenvalue weighted by Gasteiger charge is -2.13. The molecule has 0 N–H and O–H groups in total. The van der Waals surface area contributed by atoms with Crippen LogP contribution in [0.1, 0.15) is 18.1 Å². The topological polar surface area (TPSA) is 83.4 Å². The number of benzene rings is 2. The van der Waals surface area contributed by atoms with E-state index in [-0.39, 0.29) is 34.4 Å². The van der Waals surface area contributed by atoms with Crippen molar-refractivity contribution in [1.82, 2.24) is 0 Å². The van der Waals surface area contributed by atoms with Gasteiger partial charge in [0.25, 0.3) is 0 Å². The summed E-state index contributed by atoms with van der Waals surface area (Å²) in [5.74, 6) is -1.36. The van der Waals surface area contributed by atoms with E-state index in [1.807, 2.05) is 0 Å². The highest BCUT2D eigenvalue weighted by molar-refractivity contribution is 6.13. The summed E-state index contributed by atoms with van der Waals surface area (Å²) in [7, 11) is 2.80. The molecule has 0 radical (unpaired) electrons. The third-order valence-electron chi connectivity index (χ3n) is 3.76. The van der Waals surface area contributed by atoms with Crippen LogP contribution in [-0.2, 0) is 14.3 Å². The third-order valence-corrected chi connectivity index (χ3v) is 3.76. The van der Waals surface area contributed by atoms with Gasteiger partial charge in [0.15, 0.2) is 17.2 Å². The van der Waals surface area contributed by atoms with Crippen LogP contribution >= 0.6 is 0 Å². The van der Waals surface area contributed by atoms with Crippen LogP contribution in [0.15, 0.2) is 47.1 Å². The molecule has 0 fully saturated rings. The number of hydrogen-bond donors (Lipinski definition) is 0. The molecule has 0 atom stereocenters. The minimum atomic E-state index is -0.722. The van der Waals surface area contributed by atoms with Crippen LogP contribution in [0.2, 0.25) is 0 Å². The Morgan fingerprint density at radius 1 is 1.14 bits per heavy atom. The first kappa shape index (κ1) is 19.1. The van der Waals surface area contributed by atoms with Crippen LogP contribution in [-0.4, -0.2) is 32.1 Å². The zero-order valence-electron chi connectivity index (χ0n) is 15.3. The maximum Gasteiger partial charge on any atom is 0.363 e. The first-order valence-corrected chi connectivity index (χ1v) is 8.15. The molecule has 8 heteroatoms. The minimum absolute atomic E-state index is 0.0254. The highest BCUT2D eigenvalue weighted by Gasteiger charge is 2.26. The maximum atomic E-state index is 13.9. The number of ether oxygens (including phenoxy) is 4. The predicted octanol–water partition coefficient (Wildman–Crippen LogP) is 3.11. The van der Waals surface area contributed by atoms with Gasteiger partial charge in [0.2, 0.25) is 11.6 Å². The van der Waals surface area contributed by atoms with E-state index < -0.39 is 17.8 Å². The van der Waals surface area contributed by atoms with E-state index in [2.05, 4.69) is 4.99 Å². The van der Waals surface area contributed by atoms with E-state index in [1.165, 1.54) is 57.6 Å². The summed E-state index contributed by atoms with van der Waals surface area (Å²) in [6, 6.07) is 8.92. The van der Waals surface area contributed by atoms with Crippen molar-refractivity contribution < 1.29 is 32.9 Å². The molecule has 1 aliphatic heterocycles. The number of carbonyl (C=O) groups excluding carboxylic acids is 2. The monoisotopic (exact) mass is 385 g/mol. The fourth-order valence-corrected chi connectivity index (χ4v) is 2.54. The molecular weight excluding hydrogens is 369 g/mol. The Kier molecular flexibility index (Phi) is 5.39. The summed E-state index contributed by atoms with van der Waals surface area (Å²) in [5.41, 5.74) is 0.539. The minimum Gasteiger partial charge on any atom is -0.493 e. The number of aliphatic imine (C=N–C) groups is 1. The Balaban J connectivity index is 2.02. The molecule has 28 heavy (non-hydrogen) atoms. The largest absolute Gasteiger partial charge is 0.493 e. The van der Waals surface area contributed by atoms with Gasteiger partial charge in [-0.25, -0.2) is 14.2 Å². The smallest absolute Gasteiger partial charge is 0.363 e. The number of halogens is 1. The summed E-state index contributed by atoms with van der Waals surface area (Å²) in [6.07, 6.45) is 1.43. The van der Waals surface area contributed by atoms with E-state index >= 15 is 0 Å². The SMILES string of the molecule is COc1cc(/C=C2/N=C(c3ccccc3F)OC2=O)cc(OC)c1OC(C)=O. The Morgan fingerprint density at radius 2 is 1.79 bits per heavy atom. The second-order valence-corrected chi connectivity index (χ2v) is 5.66. The van der Waals surface area contributed by atoms with Crippen molar-refractivity contribution in [3.8, 4) is 17.2 Å². The van der Waals surface area contributed by atoms with Gasteiger partial charge in [-0.15, -0.1) is 0 Å². The second-order valence-electron chi connectivity index (χ2n) is 5.66. The second kappa shape index (κ2) is 7.91. The average Bonchev–Trinajstić information content (AvgIpc) is 3.02. The molecule has 0 aromatic heterocycles. The van der Waals surface area contributed by atoms with Crippen molar-refractivity contribution in [2.75, 3.05) is 14.2 Å². The van der Waals surface area contributed by atoms with Crippen molar-refractivity contribution >= 4 is 23.9 Å². The molecule has 2 aromatic carbocycles. The lowest BCUT2D eigenvalue weighted by Crippen LogP contribution is -2.07. The number of hydrogen-bond acceptors (Lipinski definition) is 7. The molecule has 0 aliphatic carbocycles. The number of nitrogens with zero attached hydrogens (tertiary/aromatic N) is 1. The summed E-state index contributed by atoms with van der Waals surface area (Å²) in [6.45, 7) is 1.25. The van der Waals surface area contributed by atoms with E-state index in [1.54, 1.807) is 6.07 Å². The molecule has 3 rings (SSSR count). The summed E-state index contributed by atoms with van der Waals surface area (Å²) in [4.78, 5) is 27.5. The van der Waals surface area contributed by atoms with Gasteiger partial charge in [-0.1, -0.05) is 12.1 Å². The van der Waals surface area contributed by atoms with Gasteiger partial charge < -0.3 is 18.9 Å². The molecule has 0 amide bonds. The Bertz CT molecular complexity index is 987. The van der Waals surface area contributed by atoms with Crippen LogP contribution in [0, 0.1) is 5.82 Å². The lowest BCUT2D eigenvalue weighted by atomic mass is 10.1. The van der Waals surface area contributed by atoms with Gasteiger partial charge in [-0.05, 0) is 35.9 Å². The summed E-state index contributed by atoms with van der Waals surface area (Å²) in [5, 5.41) is 0. The molecule has 7 nitrogen and oxygen atoms in total. The number of methoxy groups -OCH3 is 2. The third kappa shape index (κ3) is 3.85. The zero-order chi connectivity index (χ0) is 20.3. The van der Waals surface area contributed by atoms with Gasteiger partial charge in [-0.2, -0.15) is 0 Å². The molecule has 0 saturated heterocycles. The number of rotatable bonds is 5. The van der Waals surface area contributed by atoms with Crippen molar-refractivity contribution in [3.05, 3.63) is 59.0 Å². The van der Waals surface area contributed by atoms with Crippen molar-refractivity contribution in [2.24, 2.45) is 4.99 Å². The highest BCUT2D eigenvalue weighted by atomic mass is 19.1. The molecule has 1 aliphatic rings. The maximum absolute atomic E-state index is 13.9. The standard InChI is InChI=1S/C20H16FNO6/c1-11(23)27-18-16(25-2)9-12(10-17(18)26-3)8-15-20(24)28-19(22-15)13-6-4-5-7-14(13)21/h4-10H,1-3H3/b15-8+. The molecule has 0 unspecified atom stereocenters. The van der Waals surface area contributed by atoms with Crippen LogP contribution in [0.5, 0.6) is 17.2 Å². The molecule has 0 bridgehead atoms. The first-order chi connectivity index (χ1) is 13.4. The fraction of sp³-hybridized carbons (Fsp3) is 0.150. The van der Waals surface area contributed by atoms with Crippen LogP contribution in [0.4, 0.5) is 4.39 Å². The summed E-state index contributed by atoms with van der Waals surface area (Å²) >= 11 is 0. The van der Waals surface area contributed by atoms with Crippen LogP contribution in [0.3, 0.4) is 0 Å². The molecule has 1 heterocycles. The van der Waals surface area contributed by atoms with E-state index in [4.69, 9.17) is 18.9 Å². The molecule has 0 spiro atoms. The normalized spacial score (nSPS) is 14.5. The lowest BCUT2D eigenvalue weighted by molar-refractivity contribution is -0.132. The predicted molar refractivity (Wildman–Crippen MR) is 97.9 cm³/mol. The van der Waals surface area contributed by atoms with Gasteiger partial charge in [0, 0.05) is 6.92 Å². The summed E-state index contributed by atoms with van der Waals surface area (Å²) < 4.78 is 34.6. The fourth-order valence-electron chi connectivity index (χ4n) is 2.54. The quantitative estimate of drug-likeness (QED) is 0.447. The highest BCUT2D eigenvalue weighted by Crippen LogP contribution is 2.39. The van der Waals surface area contributed by atoms with Crippen molar-refractivity contribution in [1.29, 1.82) is 0 Å². The Morgan fingerprint density at radius 3 is 2.36 bits per heavy atom. The van der Waals surface area contributed by atoms with Crippen molar-refractivity contribution in [2.45, 2.75) is 6.92 Å².